The lowest BCUT2D eigenvalue weighted by Crippen LogP contribution is -2.42. The Bertz CT molecular complexity index is 470. The molecule has 1 aromatic rings. The summed E-state index contributed by atoms with van der Waals surface area (Å²) in [6.45, 7) is 4.13. The average Bonchev–Trinajstić information content (AvgIpc) is 2.54. The molecule has 1 aliphatic rings. The molecule has 6 heteroatoms. The number of aliphatic imine (C=N–C) groups is 1. The first-order valence-corrected chi connectivity index (χ1v) is 8.05. The lowest BCUT2D eigenvalue weighted by molar-refractivity contribution is 0.220. The van der Waals surface area contributed by atoms with Crippen LogP contribution in [0.15, 0.2) is 29.3 Å². The predicted molar refractivity (Wildman–Crippen MR) is 105 cm³/mol. The van der Waals surface area contributed by atoms with Crippen LogP contribution in [-0.2, 0) is 6.42 Å². The van der Waals surface area contributed by atoms with Crippen molar-refractivity contribution >= 4 is 29.9 Å². The van der Waals surface area contributed by atoms with Gasteiger partial charge in [-0.2, -0.15) is 0 Å². The van der Waals surface area contributed by atoms with Crippen molar-refractivity contribution < 1.29 is 4.39 Å². The molecule has 0 unspecified atom stereocenters. The molecule has 0 radical (unpaired) electrons. The van der Waals surface area contributed by atoms with Gasteiger partial charge in [0.25, 0.3) is 0 Å². The number of hydrogen-bond donors (Lipinski definition) is 2. The Morgan fingerprint density at radius 1 is 1.22 bits per heavy atom. The number of piperidine rings is 1. The second-order valence-electron chi connectivity index (χ2n) is 6.00. The van der Waals surface area contributed by atoms with Crippen molar-refractivity contribution in [1.82, 2.24) is 15.5 Å². The van der Waals surface area contributed by atoms with Crippen molar-refractivity contribution in [1.29, 1.82) is 0 Å². The monoisotopic (exact) mass is 434 g/mol. The fourth-order valence-corrected chi connectivity index (χ4v) is 2.70. The zero-order valence-corrected chi connectivity index (χ0v) is 16.3. The van der Waals surface area contributed by atoms with Gasteiger partial charge in [0, 0.05) is 20.1 Å². The van der Waals surface area contributed by atoms with Crippen LogP contribution >= 0.6 is 24.0 Å². The Labute approximate surface area is 156 Å². The average molecular weight is 434 g/mol. The van der Waals surface area contributed by atoms with Crippen LogP contribution in [0.1, 0.15) is 18.4 Å². The number of guanidine groups is 1. The molecule has 1 aliphatic heterocycles. The second kappa shape index (κ2) is 10.8. The third-order valence-electron chi connectivity index (χ3n) is 4.24. The van der Waals surface area contributed by atoms with Gasteiger partial charge in [-0.3, -0.25) is 4.99 Å². The molecule has 1 fully saturated rings. The molecule has 0 saturated carbocycles. The summed E-state index contributed by atoms with van der Waals surface area (Å²) in [4.78, 5) is 6.64. The zero-order valence-electron chi connectivity index (χ0n) is 14.0. The molecule has 2 rings (SSSR count). The van der Waals surface area contributed by atoms with E-state index in [4.69, 9.17) is 0 Å². The fourth-order valence-electron chi connectivity index (χ4n) is 2.70. The Morgan fingerprint density at radius 2 is 1.87 bits per heavy atom. The maximum Gasteiger partial charge on any atom is 0.190 e. The molecule has 4 nitrogen and oxygen atoms in total. The van der Waals surface area contributed by atoms with E-state index >= 15 is 0 Å². The Morgan fingerprint density at radius 3 is 2.48 bits per heavy atom. The minimum atomic E-state index is -0.188. The van der Waals surface area contributed by atoms with E-state index in [0.717, 1.165) is 37.0 Å². The van der Waals surface area contributed by atoms with Crippen molar-refractivity contribution in [2.45, 2.75) is 19.3 Å². The summed E-state index contributed by atoms with van der Waals surface area (Å²) < 4.78 is 12.8. The molecule has 2 N–H and O–H groups in total. The molecule has 0 aromatic heterocycles. The van der Waals surface area contributed by atoms with Gasteiger partial charge in [0.1, 0.15) is 5.82 Å². The van der Waals surface area contributed by atoms with Crippen molar-refractivity contribution in [3.63, 3.8) is 0 Å². The summed E-state index contributed by atoms with van der Waals surface area (Å²) in [7, 11) is 3.97. The van der Waals surface area contributed by atoms with Crippen LogP contribution < -0.4 is 10.6 Å². The zero-order chi connectivity index (χ0) is 15.8. The number of hydrogen-bond acceptors (Lipinski definition) is 2. The quantitative estimate of drug-likeness (QED) is 0.425. The van der Waals surface area contributed by atoms with E-state index in [1.807, 2.05) is 12.1 Å². The highest BCUT2D eigenvalue weighted by Gasteiger charge is 2.16. The van der Waals surface area contributed by atoms with Crippen LogP contribution in [0, 0.1) is 11.7 Å². The van der Waals surface area contributed by atoms with Crippen LogP contribution in [0.4, 0.5) is 4.39 Å². The van der Waals surface area contributed by atoms with Crippen LogP contribution in [-0.4, -0.2) is 51.1 Å². The van der Waals surface area contributed by atoms with Crippen molar-refractivity contribution in [2.24, 2.45) is 10.9 Å². The molecular formula is C17H28FIN4. The number of rotatable bonds is 5. The van der Waals surface area contributed by atoms with E-state index in [-0.39, 0.29) is 29.8 Å². The molecule has 0 bridgehead atoms. The molecule has 1 saturated heterocycles. The lowest BCUT2D eigenvalue weighted by Gasteiger charge is -2.29. The minimum Gasteiger partial charge on any atom is -0.356 e. The molecule has 23 heavy (non-hydrogen) atoms. The highest BCUT2D eigenvalue weighted by Crippen LogP contribution is 2.14. The van der Waals surface area contributed by atoms with Crippen LogP contribution in [0.3, 0.4) is 0 Å². The minimum absolute atomic E-state index is 0. The second-order valence-corrected chi connectivity index (χ2v) is 6.00. The third kappa shape index (κ3) is 7.48. The first-order chi connectivity index (χ1) is 10.7. The molecule has 0 amide bonds. The Hall–Kier alpha value is -0.890. The summed E-state index contributed by atoms with van der Waals surface area (Å²) in [5.41, 5.74) is 1.12. The highest BCUT2D eigenvalue weighted by atomic mass is 127. The number of benzene rings is 1. The first kappa shape index (κ1) is 20.2. The summed E-state index contributed by atoms with van der Waals surface area (Å²) >= 11 is 0. The smallest absolute Gasteiger partial charge is 0.190 e. The molecule has 0 aliphatic carbocycles. The summed E-state index contributed by atoms with van der Waals surface area (Å²) in [6, 6.07) is 6.66. The maximum absolute atomic E-state index is 12.8. The third-order valence-corrected chi connectivity index (χ3v) is 4.24. The first-order valence-electron chi connectivity index (χ1n) is 8.05. The van der Waals surface area contributed by atoms with Gasteiger partial charge in [-0.1, -0.05) is 12.1 Å². The number of nitrogens with zero attached hydrogens (tertiary/aromatic N) is 2. The van der Waals surface area contributed by atoms with E-state index < -0.39 is 0 Å². The van der Waals surface area contributed by atoms with Crippen molar-refractivity contribution in [3.05, 3.63) is 35.6 Å². The van der Waals surface area contributed by atoms with Gasteiger partial charge >= 0.3 is 0 Å². The van der Waals surface area contributed by atoms with Gasteiger partial charge in [-0.15, -0.1) is 24.0 Å². The van der Waals surface area contributed by atoms with Crippen molar-refractivity contribution in [3.8, 4) is 0 Å². The lowest BCUT2D eigenvalue weighted by atomic mass is 9.97. The highest BCUT2D eigenvalue weighted by molar-refractivity contribution is 14.0. The number of likely N-dealkylation sites (tertiary alicyclic amines) is 1. The standard InChI is InChI=1S/C17H27FN4.HI/c1-19-17(21-13-15-8-11-22(2)12-9-15)20-10-7-14-3-5-16(18)6-4-14;/h3-6,15H,7-13H2,1-2H3,(H2,19,20,21);1H. The van der Waals surface area contributed by atoms with Crippen LogP contribution in [0.5, 0.6) is 0 Å². The SMILES string of the molecule is CN=C(NCCc1ccc(F)cc1)NCC1CCN(C)CC1.I. The summed E-state index contributed by atoms with van der Waals surface area (Å²) in [5, 5.41) is 6.73. The number of halogens is 2. The molecule has 0 atom stereocenters. The van der Waals surface area contributed by atoms with Gasteiger partial charge in [0.2, 0.25) is 0 Å². The fraction of sp³-hybridized carbons (Fsp3) is 0.588. The Balaban J connectivity index is 0.00000264. The largest absolute Gasteiger partial charge is 0.356 e. The molecule has 130 valence electrons. The van der Waals surface area contributed by atoms with Crippen LogP contribution in [0.25, 0.3) is 0 Å². The normalized spacial score (nSPS) is 16.7. The molecule has 0 spiro atoms. The molecule has 1 heterocycles. The van der Waals surface area contributed by atoms with E-state index in [0.29, 0.717) is 0 Å². The molecular weight excluding hydrogens is 406 g/mol. The van der Waals surface area contributed by atoms with E-state index in [1.165, 1.54) is 38.1 Å². The van der Waals surface area contributed by atoms with Gasteiger partial charge < -0.3 is 15.5 Å². The van der Waals surface area contributed by atoms with Crippen molar-refractivity contribution in [2.75, 3.05) is 40.3 Å². The van der Waals surface area contributed by atoms with Gasteiger partial charge in [-0.25, -0.2) is 4.39 Å². The maximum atomic E-state index is 12.8. The van der Waals surface area contributed by atoms with Gasteiger partial charge in [0.15, 0.2) is 5.96 Å². The predicted octanol–water partition coefficient (Wildman–Crippen LogP) is 2.49. The summed E-state index contributed by atoms with van der Waals surface area (Å²) in [5.74, 6) is 1.39. The van der Waals surface area contributed by atoms with Gasteiger partial charge in [0.05, 0.1) is 0 Å². The molecule has 1 aromatic carbocycles. The topological polar surface area (TPSA) is 39.7 Å². The van der Waals surface area contributed by atoms with Crippen LogP contribution in [0.2, 0.25) is 0 Å². The van der Waals surface area contributed by atoms with Gasteiger partial charge in [-0.05, 0) is 63.0 Å². The van der Waals surface area contributed by atoms with E-state index in [2.05, 4.69) is 27.6 Å². The number of nitrogens with one attached hydrogen (secondary N) is 2. The summed E-state index contributed by atoms with van der Waals surface area (Å²) in [6.07, 6.45) is 3.35. The Kier molecular flexibility index (Phi) is 9.47. The van der Waals surface area contributed by atoms with E-state index in [9.17, 15) is 4.39 Å². The van der Waals surface area contributed by atoms with E-state index in [1.54, 1.807) is 7.05 Å².